The maximum Gasteiger partial charge on any atom is 0.586 e. The molecule has 1 aliphatic rings. The molecule has 0 saturated heterocycles. The summed E-state index contributed by atoms with van der Waals surface area (Å²) in [6, 6.07) is 5.74. The lowest BCUT2D eigenvalue weighted by molar-refractivity contribution is -0.286. The van der Waals surface area contributed by atoms with Crippen LogP contribution in [0.15, 0.2) is 41.2 Å². The minimum Gasteiger partial charge on any atom is -0.395 e. The number of pyridine rings is 1. The van der Waals surface area contributed by atoms with E-state index >= 15 is 0 Å². The van der Waals surface area contributed by atoms with Gasteiger partial charge in [0.25, 0.3) is 5.91 Å². The van der Waals surface area contributed by atoms with Gasteiger partial charge in [-0.1, -0.05) is 30.6 Å². The summed E-state index contributed by atoms with van der Waals surface area (Å²) in [7, 11) is 0. The Kier molecular flexibility index (Phi) is 5.69. The topological polar surface area (TPSA) is 86.5 Å². The number of nitrogens with one attached hydrogen (secondary N) is 1. The number of ether oxygens (including phenoxy) is 2. The molecule has 7 nitrogen and oxygen atoms in total. The van der Waals surface area contributed by atoms with E-state index in [0.29, 0.717) is 16.7 Å². The highest BCUT2D eigenvalue weighted by Gasteiger charge is 2.43. The maximum atomic E-state index is 13.2. The van der Waals surface area contributed by atoms with Crippen molar-refractivity contribution in [3.63, 3.8) is 0 Å². The summed E-state index contributed by atoms with van der Waals surface area (Å²) in [5, 5.41) is 6.30. The molecule has 1 N–H and O–H groups in total. The molecule has 3 heterocycles. The molecule has 152 valence electrons. The average molecular weight is 424 g/mol. The Bertz CT molecular complexity index is 1040. The Morgan fingerprint density at radius 3 is 2.41 bits per heavy atom. The van der Waals surface area contributed by atoms with Gasteiger partial charge in [-0.05, 0) is 25.1 Å². The Hall–Kier alpha value is -3.20. The molecule has 0 atom stereocenters. The van der Waals surface area contributed by atoms with Crippen LogP contribution in [0.2, 0.25) is 5.02 Å². The Balaban J connectivity index is 0.00000117. The van der Waals surface area contributed by atoms with Crippen LogP contribution in [0.25, 0.3) is 11.1 Å². The zero-order chi connectivity index (χ0) is 21.2. The number of benzene rings is 1. The third-order valence-corrected chi connectivity index (χ3v) is 4.07. The van der Waals surface area contributed by atoms with Crippen LogP contribution >= 0.6 is 11.6 Å². The second kappa shape index (κ2) is 8.04. The van der Waals surface area contributed by atoms with Crippen LogP contribution in [0.5, 0.6) is 11.5 Å². The molecular formula is C19H16ClF2N3O4. The van der Waals surface area contributed by atoms with Crippen molar-refractivity contribution in [2.75, 3.05) is 5.32 Å². The first-order valence-corrected chi connectivity index (χ1v) is 8.98. The monoisotopic (exact) mass is 423 g/mol. The fraction of sp³-hybridized carbons (Fsp3) is 0.211. The summed E-state index contributed by atoms with van der Waals surface area (Å²) in [6.07, 6.45) is -0.865. The number of halogens is 3. The molecule has 0 unspecified atom stereocenters. The molecule has 0 saturated carbocycles. The number of carbonyl (C=O) groups is 1. The number of amides is 1. The third-order valence-electron chi connectivity index (χ3n) is 3.76. The zero-order valence-corrected chi connectivity index (χ0v) is 16.4. The summed E-state index contributed by atoms with van der Waals surface area (Å²) in [4.78, 5) is 16.2. The average Bonchev–Trinajstić information content (AvgIpc) is 3.24. The normalized spacial score (nSPS) is 13.4. The zero-order valence-electron chi connectivity index (χ0n) is 15.6. The second-order valence-corrected chi connectivity index (χ2v) is 6.08. The number of hydrogen-bond donors (Lipinski definition) is 1. The molecule has 10 heteroatoms. The molecule has 29 heavy (non-hydrogen) atoms. The minimum absolute atomic E-state index is 0.0839. The van der Waals surface area contributed by atoms with E-state index in [0.717, 1.165) is 0 Å². The van der Waals surface area contributed by atoms with Crippen molar-refractivity contribution >= 4 is 23.3 Å². The minimum atomic E-state index is -3.73. The molecule has 3 aromatic rings. The van der Waals surface area contributed by atoms with Gasteiger partial charge in [-0.15, -0.1) is 8.78 Å². The number of hydrogen-bond acceptors (Lipinski definition) is 6. The van der Waals surface area contributed by atoms with Gasteiger partial charge in [-0.2, -0.15) is 0 Å². The predicted molar refractivity (Wildman–Crippen MR) is 101 cm³/mol. The van der Waals surface area contributed by atoms with E-state index in [9.17, 15) is 13.6 Å². The molecule has 1 amide bonds. The molecular weight excluding hydrogens is 408 g/mol. The van der Waals surface area contributed by atoms with Crippen LogP contribution in [0.4, 0.5) is 14.6 Å². The van der Waals surface area contributed by atoms with E-state index in [-0.39, 0.29) is 28.1 Å². The van der Waals surface area contributed by atoms with Crippen molar-refractivity contribution in [3.8, 4) is 22.6 Å². The molecule has 0 aliphatic carbocycles. The largest absolute Gasteiger partial charge is 0.586 e. The number of aromatic nitrogens is 2. The smallest absolute Gasteiger partial charge is 0.395 e. The second-order valence-electron chi connectivity index (χ2n) is 5.67. The van der Waals surface area contributed by atoms with Gasteiger partial charge in [-0.3, -0.25) is 4.79 Å². The Labute approximate surface area is 169 Å². The summed E-state index contributed by atoms with van der Waals surface area (Å²) < 4.78 is 40.0. The SMILES string of the molecule is CC.Cc1cnoc1C(=O)Nc1ccc(-c2cc3c(cc2Cl)OC(F)(F)O3)cn1. The highest BCUT2D eigenvalue weighted by molar-refractivity contribution is 6.33. The van der Waals surface area contributed by atoms with Crippen LogP contribution in [0.3, 0.4) is 0 Å². The molecule has 0 spiro atoms. The highest BCUT2D eigenvalue weighted by Crippen LogP contribution is 2.45. The summed E-state index contributed by atoms with van der Waals surface area (Å²) in [6.45, 7) is 5.69. The fourth-order valence-electron chi connectivity index (χ4n) is 2.50. The maximum absolute atomic E-state index is 13.2. The summed E-state index contributed by atoms with van der Waals surface area (Å²) >= 11 is 6.15. The van der Waals surface area contributed by atoms with Crippen molar-refractivity contribution < 1.29 is 27.6 Å². The first-order chi connectivity index (χ1) is 13.8. The highest BCUT2D eigenvalue weighted by atomic mass is 35.5. The molecule has 0 bridgehead atoms. The van der Waals surface area contributed by atoms with E-state index in [4.69, 9.17) is 16.1 Å². The van der Waals surface area contributed by atoms with Gasteiger partial charge in [0.1, 0.15) is 5.82 Å². The van der Waals surface area contributed by atoms with Gasteiger partial charge in [-0.25, -0.2) is 4.98 Å². The predicted octanol–water partition coefficient (Wildman–Crippen LogP) is 5.30. The molecule has 1 aromatic carbocycles. The number of fused-ring (bicyclic) bond motifs is 1. The van der Waals surface area contributed by atoms with E-state index in [2.05, 4.69) is 24.9 Å². The first kappa shape index (κ1) is 20.5. The van der Waals surface area contributed by atoms with E-state index in [1.165, 1.54) is 30.6 Å². The van der Waals surface area contributed by atoms with E-state index in [1.807, 2.05) is 13.8 Å². The molecule has 2 aromatic heterocycles. The molecule has 0 radical (unpaired) electrons. The molecule has 1 aliphatic heterocycles. The van der Waals surface area contributed by atoms with Crippen LogP contribution in [0, 0.1) is 6.92 Å². The van der Waals surface area contributed by atoms with E-state index < -0.39 is 12.2 Å². The number of anilines is 1. The van der Waals surface area contributed by atoms with Gasteiger partial charge in [0.15, 0.2) is 11.5 Å². The van der Waals surface area contributed by atoms with Gasteiger partial charge < -0.3 is 19.3 Å². The van der Waals surface area contributed by atoms with Crippen LogP contribution in [-0.4, -0.2) is 22.3 Å². The number of rotatable bonds is 3. The first-order valence-electron chi connectivity index (χ1n) is 8.61. The lowest BCUT2D eigenvalue weighted by Crippen LogP contribution is -2.25. The van der Waals surface area contributed by atoms with Crippen LogP contribution in [0.1, 0.15) is 30.0 Å². The lowest BCUT2D eigenvalue weighted by atomic mass is 10.1. The fourth-order valence-corrected chi connectivity index (χ4v) is 2.76. The van der Waals surface area contributed by atoms with Crippen molar-refractivity contribution in [2.24, 2.45) is 0 Å². The van der Waals surface area contributed by atoms with Gasteiger partial charge >= 0.3 is 6.29 Å². The van der Waals surface area contributed by atoms with Crippen molar-refractivity contribution in [3.05, 3.63) is 53.0 Å². The van der Waals surface area contributed by atoms with E-state index in [1.54, 1.807) is 13.0 Å². The van der Waals surface area contributed by atoms with Gasteiger partial charge in [0.2, 0.25) is 5.76 Å². The number of nitrogens with zero attached hydrogens (tertiary/aromatic N) is 2. The number of alkyl halides is 2. The van der Waals surface area contributed by atoms with Gasteiger partial charge in [0, 0.05) is 29.0 Å². The number of carbonyl (C=O) groups excluding carboxylic acids is 1. The number of aryl methyl sites for hydroxylation is 1. The van der Waals surface area contributed by atoms with Crippen molar-refractivity contribution in [2.45, 2.75) is 27.1 Å². The van der Waals surface area contributed by atoms with Gasteiger partial charge in [0.05, 0.1) is 11.2 Å². The van der Waals surface area contributed by atoms with Crippen molar-refractivity contribution in [1.82, 2.24) is 10.1 Å². The lowest BCUT2D eigenvalue weighted by Gasteiger charge is -2.07. The Morgan fingerprint density at radius 2 is 1.83 bits per heavy atom. The standard InChI is InChI=1S/C17H10ClF2N3O4.C2H6/c1-8-6-22-27-15(8)16(24)23-14-3-2-9(7-21-14)10-4-12-13(5-11(10)18)26-17(19,20)25-12;1-2/h2-7H,1H3,(H,21,23,24);1-2H3. The van der Waals surface area contributed by atoms with Crippen LogP contribution < -0.4 is 14.8 Å². The summed E-state index contributed by atoms with van der Waals surface area (Å²) in [5.41, 5.74) is 1.55. The quantitative estimate of drug-likeness (QED) is 0.615. The van der Waals surface area contributed by atoms with Crippen molar-refractivity contribution in [1.29, 1.82) is 0 Å². The molecule has 0 fully saturated rings. The third kappa shape index (κ3) is 4.29. The Morgan fingerprint density at radius 1 is 1.14 bits per heavy atom. The summed E-state index contributed by atoms with van der Waals surface area (Å²) in [5.74, 6) is -0.414. The van der Waals surface area contributed by atoms with Crippen LogP contribution in [-0.2, 0) is 0 Å². The molecule has 4 rings (SSSR count).